The smallest absolute Gasteiger partial charge is 0.207 e. The van der Waals surface area contributed by atoms with Crippen LogP contribution in [0, 0.1) is 87.3 Å². The van der Waals surface area contributed by atoms with E-state index in [0.717, 1.165) is 0 Å². The van der Waals surface area contributed by atoms with E-state index in [-0.39, 0.29) is 18.2 Å². The molecule has 0 aromatic heterocycles. The molecule has 0 aliphatic carbocycles. The predicted molar refractivity (Wildman–Crippen MR) is 126 cm³/mol. The summed E-state index contributed by atoms with van der Waals surface area (Å²) >= 11 is 0. The fourth-order valence-corrected chi connectivity index (χ4v) is 4.87. The maximum atomic E-state index is 15.7. The first-order chi connectivity index (χ1) is 20.6. The normalized spacial score (nSPS) is 11.5. The number of hydrogen-bond acceptors (Lipinski definition) is 0. The van der Waals surface area contributed by atoms with Gasteiger partial charge in [-0.1, -0.05) is 17.6 Å². The standard InChI is InChI=1S/C28H6BF15/c30-7-5-10(18(34)13(33)6-7)29(9-2-4-11(31)14-8(9)1-3-12(32)19(14)35)17-15(20(36)24(40)27(43)23(17)39)16-21(37)25(41)28(44)26(42)22(16)38/h1-6H. The van der Waals surface area contributed by atoms with Crippen LogP contribution in [0.1, 0.15) is 0 Å². The Balaban J connectivity index is 2.09. The molecule has 0 radical (unpaired) electrons. The Morgan fingerprint density at radius 3 is 1.45 bits per heavy atom. The summed E-state index contributed by atoms with van der Waals surface area (Å²) in [5.41, 5.74) is -9.31. The summed E-state index contributed by atoms with van der Waals surface area (Å²) in [4.78, 5) is 0. The van der Waals surface area contributed by atoms with Gasteiger partial charge in [0.15, 0.2) is 69.8 Å². The summed E-state index contributed by atoms with van der Waals surface area (Å²) in [6, 6.07) is 1.52. The quantitative estimate of drug-likeness (QED) is 0.0853. The predicted octanol–water partition coefficient (Wildman–Crippen LogP) is 7.11. The van der Waals surface area contributed by atoms with Crippen LogP contribution in [-0.2, 0) is 0 Å². The highest BCUT2D eigenvalue weighted by molar-refractivity contribution is 6.97. The van der Waals surface area contributed by atoms with Gasteiger partial charge in [-0.15, -0.1) is 0 Å². The first kappa shape index (κ1) is 30.8. The molecule has 0 saturated carbocycles. The average molecular weight is 638 g/mol. The summed E-state index contributed by atoms with van der Waals surface area (Å²) in [5, 5.41) is -2.24. The summed E-state index contributed by atoms with van der Waals surface area (Å²) in [6.45, 7) is -2.91. The number of fused-ring (bicyclic) bond motifs is 1. The van der Waals surface area contributed by atoms with E-state index in [2.05, 4.69) is 0 Å². The number of hydrogen-bond donors (Lipinski definition) is 0. The molecule has 5 aromatic carbocycles. The van der Waals surface area contributed by atoms with Crippen molar-refractivity contribution >= 4 is 33.9 Å². The Bertz CT molecular complexity index is 2010. The molecule has 0 aliphatic rings. The third-order valence-corrected chi connectivity index (χ3v) is 6.75. The Labute approximate surface area is 235 Å². The molecule has 0 amide bonds. The lowest BCUT2D eigenvalue weighted by molar-refractivity contribution is 0.379. The van der Waals surface area contributed by atoms with Crippen molar-refractivity contribution in [3.63, 3.8) is 0 Å². The Morgan fingerprint density at radius 1 is 0.364 bits per heavy atom. The topological polar surface area (TPSA) is 0 Å². The minimum absolute atomic E-state index is 0.0269. The largest absolute Gasteiger partial charge is 0.251 e. The summed E-state index contributed by atoms with van der Waals surface area (Å²) in [5.74, 6) is -36.7. The van der Waals surface area contributed by atoms with Gasteiger partial charge in [-0.3, -0.25) is 0 Å². The summed E-state index contributed by atoms with van der Waals surface area (Å²) in [7, 11) is 0. The molecule has 0 bridgehead atoms. The fourth-order valence-electron chi connectivity index (χ4n) is 4.87. The van der Waals surface area contributed by atoms with Gasteiger partial charge in [0.25, 0.3) is 6.71 Å². The van der Waals surface area contributed by atoms with Crippen molar-refractivity contribution in [2.75, 3.05) is 0 Å². The van der Waals surface area contributed by atoms with E-state index in [1.54, 1.807) is 0 Å². The molecule has 0 fully saturated rings. The molecule has 5 rings (SSSR count). The van der Waals surface area contributed by atoms with Gasteiger partial charge in [0.2, 0.25) is 5.82 Å². The maximum Gasteiger partial charge on any atom is 0.251 e. The lowest BCUT2D eigenvalue weighted by atomic mass is 9.35. The second kappa shape index (κ2) is 10.8. The van der Waals surface area contributed by atoms with E-state index in [4.69, 9.17) is 0 Å². The number of rotatable bonds is 4. The second-order valence-electron chi connectivity index (χ2n) is 9.13. The zero-order valence-corrected chi connectivity index (χ0v) is 20.7. The van der Waals surface area contributed by atoms with Crippen molar-refractivity contribution < 1.29 is 65.9 Å². The van der Waals surface area contributed by atoms with Gasteiger partial charge in [-0.2, -0.15) is 0 Å². The van der Waals surface area contributed by atoms with Crippen LogP contribution in [0.4, 0.5) is 65.9 Å². The van der Waals surface area contributed by atoms with Gasteiger partial charge < -0.3 is 0 Å². The van der Waals surface area contributed by atoms with Crippen molar-refractivity contribution in [2.45, 2.75) is 0 Å². The SMILES string of the molecule is Fc1cc(F)c(F)c(B(c2c(F)c(F)c(F)c(F)c2-c2c(F)c(F)c(F)c(F)c2F)c2ccc(F)c3c(F)c(F)ccc23)c1. The van der Waals surface area contributed by atoms with Crippen LogP contribution in [0.2, 0.25) is 0 Å². The van der Waals surface area contributed by atoms with Gasteiger partial charge in [-0.05, 0) is 34.5 Å². The van der Waals surface area contributed by atoms with Gasteiger partial charge in [-0.25, -0.2) is 65.9 Å². The van der Waals surface area contributed by atoms with Crippen molar-refractivity contribution in [3.05, 3.63) is 124 Å². The van der Waals surface area contributed by atoms with E-state index in [9.17, 15) is 52.7 Å². The molecule has 44 heavy (non-hydrogen) atoms. The molecule has 0 N–H and O–H groups in total. The molecule has 0 saturated heterocycles. The third kappa shape index (κ3) is 4.45. The van der Waals surface area contributed by atoms with Gasteiger partial charge in [0.05, 0.1) is 10.9 Å². The maximum absolute atomic E-state index is 15.7. The second-order valence-corrected chi connectivity index (χ2v) is 9.13. The van der Waals surface area contributed by atoms with Gasteiger partial charge >= 0.3 is 0 Å². The van der Waals surface area contributed by atoms with Crippen molar-refractivity contribution in [1.29, 1.82) is 0 Å². The van der Waals surface area contributed by atoms with Crippen LogP contribution in [0.5, 0.6) is 0 Å². The minimum atomic E-state index is -2.91. The number of benzene rings is 5. The molecule has 0 unspecified atom stereocenters. The molecular weight excluding hydrogens is 632 g/mol. The van der Waals surface area contributed by atoms with Crippen LogP contribution in [0.25, 0.3) is 21.9 Å². The Kier molecular flexibility index (Phi) is 7.58. The molecule has 5 aromatic rings. The Morgan fingerprint density at radius 2 is 0.864 bits per heavy atom. The van der Waals surface area contributed by atoms with E-state index in [1.807, 2.05) is 0 Å². The molecule has 0 nitrogen and oxygen atoms in total. The number of halogens is 15. The van der Waals surface area contributed by atoms with Crippen molar-refractivity contribution in [1.82, 2.24) is 0 Å². The highest BCUT2D eigenvalue weighted by Gasteiger charge is 2.41. The molecule has 0 heterocycles. The average Bonchev–Trinajstić information content (AvgIpc) is 2.98. The summed E-state index contributed by atoms with van der Waals surface area (Å²) in [6.07, 6.45) is 0. The lowest BCUT2D eigenvalue weighted by Crippen LogP contribution is -2.56. The van der Waals surface area contributed by atoms with Crippen molar-refractivity contribution in [2.24, 2.45) is 0 Å². The van der Waals surface area contributed by atoms with Crippen molar-refractivity contribution in [3.8, 4) is 11.1 Å². The molecule has 0 spiro atoms. The zero-order chi connectivity index (χ0) is 32.5. The van der Waals surface area contributed by atoms with Crippen LogP contribution in [0.15, 0.2) is 36.4 Å². The van der Waals surface area contributed by atoms with Gasteiger partial charge in [0.1, 0.15) is 11.6 Å². The zero-order valence-electron chi connectivity index (χ0n) is 20.7. The minimum Gasteiger partial charge on any atom is -0.207 e. The molecule has 16 heteroatoms. The third-order valence-electron chi connectivity index (χ3n) is 6.75. The van der Waals surface area contributed by atoms with E-state index >= 15 is 13.2 Å². The van der Waals surface area contributed by atoms with E-state index in [0.29, 0.717) is 18.2 Å². The van der Waals surface area contributed by atoms with E-state index in [1.165, 1.54) is 0 Å². The van der Waals surface area contributed by atoms with Crippen LogP contribution in [-0.4, -0.2) is 6.71 Å². The van der Waals surface area contributed by atoms with Gasteiger partial charge in [0, 0.05) is 11.6 Å². The Hall–Kier alpha value is -4.63. The summed E-state index contributed by atoms with van der Waals surface area (Å²) < 4.78 is 220. The van der Waals surface area contributed by atoms with Crippen LogP contribution >= 0.6 is 0 Å². The molecular formula is C28H6BF15. The fraction of sp³-hybridized carbons (Fsp3) is 0. The molecule has 226 valence electrons. The monoisotopic (exact) mass is 638 g/mol. The molecule has 0 atom stereocenters. The lowest BCUT2D eigenvalue weighted by Gasteiger charge is -2.24. The highest BCUT2D eigenvalue weighted by atomic mass is 19.2. The molecule has 0 aliphatic heterocycles. The highest BCUT2D eigenvalue weighted by Crippen LogP contribution is 2.35. The first-order valence-corrected chi connectivity index (χ1v) is 11.7. The van der Waals surface area contributed by atoms with Crippen LogP contribution in [0.3, 0.4) is 0 Å². The first-order valence-electron chi connectivity index (χ1n) is 11.7. The van der Waals surface area contributed by atoms with E-state index < -0.39 is 132 Å². The van der Waals surface area contributed by atoms with Crippen LogP contribution < -0.4 is 16.4 Å².